The van der Waals surface area contributed by atoms with E-state index in [2.05, 4.69) is 20.9 Å². The maximum absolute atomic E-state index is 14.9. The normalized spacial score (nSPS) is 21.7. The summed E-state index contributed by atoms with van der Waals surface area (Å²) in [5.74, 6) is -1.16. The second-order valence-electron chi connectivity index (χ2n) is 9.34. The number of pyridine rings is 1. The summed E-state index contributed by atoms with van der Waals surface area (Å²) in [6, 6.07) is 7.59. The van der Waals surface area contributed by atoms with Gasteiger partial charge in [-0.3, -0.25) is 14.9 Å². The number of furan rings is 1. The van der Waals surface area contributed by atoms with Crippen LogP contribution in [0.15, 0.2) is 34.7 Å². The van der Waals surface area contributed by atoms with E-state index in [4.69, 9.17) is 14.1 Å². The van der Waals surface area contributed by atoms with Crippen molar-refractivity contribution < 1.29 is 27.9 Å². The van der Waals surface area contributed by atoms with Crippen LogP contribution in [0.1, 0.15) is 28.1 Å². The third-order valence-corrected chi connectivity index (χ3v) is 7.09. The van der Waals surface area contributed by atoms with Crippen molar-refractivity contribution in [2.75, 3.05) is 44.7 Å². The van der Waals surface area contributed by atoms with E-state index in [0.717, 1.165) is 38.4 Å². The predicted octanol–water partition coefficient (Wildman–Crippen LogP) is 1.47. The fourth-order valence-electron chi connectivity index (χ4n) is 5.20. The van der Waals surface area contributed by atoms with Crippen LogP contribution in [0.25, 0.3) is 11.1 Å². The van der Waals surface area contributed by atoms with Crippen LogP contribution in [0.5, 0.6) is 5.75 Å². The highest BCUT2D eigenvalue weighted by Gasteiger charge is 2.53. The second-order valence-corrected chi connectivity index (χ2v) is 9.34. The summed E-state index contributed by atoms with van der Waals surface area (Å²) in [7, 11) is 1.32. The number of carbonyl (C=O) groups excluding carboxylic acids is 3. The zero-order chi connectivity index (χ0) is 25.7. The third kappa shape index (κ3) is 3.75. The minimum Gasteiger partial charge on any atom is -0.494 e. The average Bonchev–Trinajstić information content (AvgIpc) is 3.44. The number of carbonyl (C=O) groups is 3. The van der Waals surface area contributed by atoms with Crippen LogP contribution in [0.2, 0.25) is 0 Å². The largest absolute Gasteiger partial charge is 0.494 e. The number of benzene rings is 1. The van der Waals surface area contributed by atoms with E-state index in [1.54, 1.807) is 18.2 Å². The van der Waals surface area contributed by atoms with Gasteiger partial charge in [0.25, 0.3) is 11.8 Å². The van der Waals surface area contributed by atoms with Gasteiger partial charge in [-0.1, -0.05) is 6.07 Å². The summed E-state index contributed by atoms with van der Waals surface area (Å²) in [5.41, 5.74) is -0.396. The molecule has 11 nitrogen and oxygen atoms in total. The van der Waals surface area contributed by atoms with Crippen molar-refractivity contribution in [2.45, 2.75) is 18.5 Å². The minimum atomic E-state index is -1.71. The highest BCUT2D eigenvalue weighted by atomic mass is 19.1. The molecule has 0 saturated carbocycles. The number of anilines is 1. The van der Waals surface area contributed by atoms with Gasteiger partial charge in [0.05, 0.1) is 19.2 Å². The molecule has 6 rings (SSSR count). The van der Waals surface area contributed by atoms with Crippen LogP contribution in [-0.2, 0) is 16.9 Å². The lowest BCUT2D eigenvalue weighted by Crippen LogP contribution is -2.52. The lowest BCUT2D eigenvalue weighted by molar-refractivity contribution is -0.125. The highest BCUT2D eigenvalue weighted by Crippen LogP contribution is 2.36. The predicted molar refractivity (Wildman–Crippen MR) is 130 cm³/mol. The van der Waals surface area contributed by atoms with Gasteiger partial charge >= 0.3 is 6.03 Å². The molecular weight excluding hydrogens is 483 g/mol. The Morgan fingerprint density at radius 3 is 2.81 bits per heavy atom. The third-order valence-electron chi connectivity index (χ3n) is 7.09. The van der Waals surface area contributed by atoms with E-state index >= 15 is 0 Å². The number of amides is 4. The van der Waals surface area contributed by atoms with E-state index in [1.165, 1.54) is 18.1 Å². The monoisotopic (exact) mass is 508 g/mol. The quantitative estimate of drug-likeness (QED) is 0.442. The summed E-state index contributed by atoms with van der Waals surface area (Å²) in [6.45, 7) is 3.27. The van der Waals surface area contributed by atoms with E-state index < -0.39 is 29.2 Å². The number of methoxy groups -OCH3 is 1. The van der Waals surface area contributed by atoms with Crippen LogP contribution >= 0.6 is 0 Å². The van der Waals surface area contributed by atoms with Crippen molar-refractivity contribution in [1.29, 1.82) is 0 Å². The van der Waals surface area contributed by atoms with Crippen molar-refractivity contribution in [3.8, 4) is 5.75 Å². The molecule has 4 amide bonds. The number of rotatable bonds is 5. The summed E-state index contributed by atoms with van der Waals surface area (Å²) < 4.78 is 25.9. The molecule has 1 aromatic carbocycles. The molecule has 3 aliphatic rings. The Hall–Kier alpha value is -4.19. The zero-order valence-corrected chi connectivity index (χ0v) is 20.1. The lowest BCUT2D eigenvalue weighted by atomic mass is 9.95. The molecule has 0 bridgehead atoms. The molecule has 3 aliphatic heterocycles. The fraction of sp³-hybridized carbons (Fsp3) is 0.360. The number of imide groups is 1. The number of nitrogens with zero attached hydrogens (tertiary/aromatic N) is 3. The van der Waals surface area contributed by atoms with Crippen molar-refractivity contribution in [2.24, 2.45) is 0 Å². The molecule has 0 aliphatic carbocycles. The Morgan fingerprint density at radius 1 is 1.16 bits per heavy atom. The van der Waals surface area contributed by atoms with Crippen molar-refractivity contribution in [1.82, 2.24) is 25.8 Å². The number of aromatic nitrogens is 1. The Morgan fingerprint density at radius 2 is 2.03 bits per heavy atom. The van der Waals surface area contributed by atoms with Crippen LogP contribution in [0.4, 0.5) is 15.0 Å². The average molecular weight is 509 g/mol. The van der Waals surface area contributed by atoms with Crippen molar-refractivity contribution in [3.63, 3.8) is 0 Å². The number of nitrogens with one attached hydrogen (secondary N) is 3. The lowest BCUT2D eigenvalue weighted by Gasteiger charge is -2.28. The summed E-state index contributed by atoms with van der Waals surface area (Å²) in [4.78, 5) is 46.8. The number of hydrogen-bond donors (Lipinski definition) is 3. The molecule has 5 heterocycles. The molecule has 1 atom stereocenters. The Bertz CT molecular complexity index is 1430. The van der Waals surface area contributed by atoms with E-state index in [1.807, 2.05) is 6.07 Å². The molecule has 192 valence electrons. The number of hydrogen-bond acceptors (Lipinski definition) is 8. The SMILES string of the molecule is COc1ccc2c(c1F)C(=O)N(C[C@@]1(c3cc4nc(N5CCCNCC5)ccc4o3)NC(=O)NC1=O)C2. The first-order valence-corrected chi connectivity index (χ1v) is 12.0. The number of halogens is 1. The van der Waals surface area contributed by atoms with Crippen molar-refractivity contribution >= 4 is 34.8 Å². The first kappa shape index (κ1) is 23.2. The molecule has 37 heavy (non-hydrogen) atoms. The standard InChI is InChI=1S/C25H25FN6O5/c1-36-17-4-3-14-12-32(22(33)20(14)21(17)26)13-25(23(34)29-24(35)30-25)18-11-15-16(37-18)5-6-19(28-15)31-9-2-7-27-8-10-31/h3-6,11,27H,2,7-10,12-13H2,1H3,(H2,29,30,34,35)/t25-/m0/s1. The maximum atomic E-state index is 14.9. The van der Waals surface area contributed by atoms with Crippen LogP contribution < -0.4 is 25.6 Å². The Kier molecular flexibility index (Phi) is 5.48. The summed E-state index contributed by atoms with van der Waals surface area (Å²) in [5, 5.41) is 8.24. The topological polar surface area (TPSA) is 129 Å². The Labute approximate surface area is 210 Å². The first-order chi connectivity index (χ1) is 17.9. The maximum Gasteiger partial charge on any atom is 0.322 e. The van der Waals surface area contributed by atoms with Gasteiger partial charge in [-0.25, -0.2) is 14.2 Å². The van der Waals surface area contributed by atoms with Gasteiger partial charge in [-0.2, -0.15) is 0 Å². The summed E-state index contributed by atoms with van der Waals surface area (Å²) >= 11 is 0. The Balaban J connectivity index is 1.35. The smallest absolute Gasteiger partial charge is 0.322 e. The highest BCUT2D eigenvalue weighted by molar-refractivity contribution is 6.08. The van der Waals surface area contributed by atoms with E-state index in [9.17, 15) is 18.8 Å². The van der Waals surface area contributed by atoms with E-state index in [0.29, 0.717) is 16.7 Å². The number of ether oxygens (including phenoxy) is 1. The molecule has 3 N–H and O–H groups in total. The second kappa shape index (κ2) is 8.73. The van der Waals surface area contributed by atoms with Crippen LogP contribution in [0.3, 0.4) is 0 Å². The van der Waals surface area contributed by atoms with Gasteiger partial charge in [0.15, 0.2) is 22.7 Å². The summed E-state index contributed by atoms with van der Waals surface area (Å²) in [6.07, 6.45) is 0.990. The molecule has 12 heteroatoms. The van der Waals surface area contributed by atoms with Gasteiger partial charge < -0.3 is 29.6 Å². The van der Waals surface area contributed by atoms with Gasteiger partial charge in [0, 0.05) is 32.2 Å². The number of fused-ring (bicyclic) bond motifs is 2. The van der Waals surface area contributed by atoms with Crippen molar-refractivity contribution in [3.05, 3.63) is 53.0 Å². The van der Waals surface area contributed by atoms with E-state index in [-0.39, 0.29) is 30.2 Å². The molecule has 0 unspecified atom stereocenters. The molecule has 3 aromatic rings. The fourth-order valence-corrected chi connectivity index (χ4v) is 5.20. The minimum absolute atomic E-state index is 0.0464. The van der Waals surface area contributed by atoms with Crippen LogP contribution in [-0.4, -0.2) is 67.6 Å². The molecular formula is C25H25FN6O5. The van der Waals surface area contributed by atoms with Gasteiger partial charge in [-0.15, -0.1) is 0 Å². The first-order valence-electron chi connectivity index (χ1n) is 12.0. The molecule has 2 aromatic heterocycles. The zero-order valence-electron chi connectivity index (χ0n) is 20.1. The van der Waals surface area contributed by atoms with Gasteiger partial charge in [-0.05, 0) is 36.7 Å². The van der Waals surface area contributed by atoms with Gasteiger partial charge in [0.2, 0.25) is 0 Å². The molecule has 0 spiro atoms. The molecule has 2 saturated heterocycles. The molecule has 2 fully saturated rings. The molecule has 0 radical (unpaired) electrons. The van der Waals surface area contributed by atoms with Gasteiger partial charge in [0.1, 0.15) is 17.1 Å². The number of urea groups is 1. The van der Waals surface area contributed by atoms with Crippen LogP contribution in [0, 0.1) is 5.82 Å².